The number of hydrogen-bond donors (Lipinski definition) is 0. The number of esters is 1. The summed E-state index contributed by atoms with van der Waals surface area (Å²) in [4.78, 5) is 16.0. The van der Waals surface area contributed by atoms with Crippen LogP contribution in [-0.4, -0.2) is 50.5 Å². The van der Waals surface area contributed by atoms with Crippen LogP contribution in [0.2, 0.25) is 5.02 Å². The fraction of sp³-hybridized carbons (Fsp3) is 0.375. The van der Waals surface area contributed by atoms with E-state index in [1.54, 1.807) is 12.3 Å². The molecule has 7 nitrogen and oxygen atoms in total. The predicted octanol–water partition coefficient (Wildman–Crippen LogP) is 2.81. The Hall–Kier alpha value is -1.52. The SMILES string of the molecule is CCOC(=O)c1csc(CN(CCOC)S(=O)(=O)c2ccc(Cl)cc2)n1. The van der Waals surface area contributed by atoms with Gasteiger partial charge in [0.15, 0.2) is 5.69 Å². The van der Waals surface area contributed by atoms with Gasteiger partial charge >= 0.3 is 5.97 Å². The van der Waals surface area contributed by atoms with Crippen molar-refractivity contribution in [2.75, 3.05) is 26.9 Å². The first kappa shape index (κ1) is 20.8. The van der Waals surface area contributed by atoms with Crippen molar-refractivity contribution >= 4 is 38.9 Å². The molecule has 1 aromatic heterocycles. The Bertz CT molecular complexity index is 837. The number of thiazole rings is 1. The second-order valence-electron chi connectivity index (χ2n) is 5.13. The van der Waals surface area contributed by atoms with Crippen LogP contribution >= 0.6 is 22.9 Å². The van der Waals surface area contributed by atoms with Gasteiger partial charge in [0, 0.05) is 24.1 Å². The van der Waals surface area contributed by atoms with E-state index in [4.69, 9.17) is 21.1 Å². The van der Waals surface area contributed by atoms with Gasteiger partial charge in [-0.3, -0.25) is 0 Å². The van der Waals surface area contributed by atoms with E-state index < -0.39 is 16.0 Å². The second kappa shape index (κ2) is 9.43. The quantitative estimate of drug-likeness (QED) is 0.582. The lowest BCUT2D eigenvalue weighted by Crippen LogP contribution is -2.33. The van der Waals surface area contributed by atoms with Gasteiger partial charge in [0.1, 0.15) is 5.01 Å². The van der Waals surface area contributed by atoms with E-state index in [-0.39, 0.29) is 36.9 Å². The molecule has 10 heteroatoms. The maximum Gasteiger partial charge on any atom is 0.357 e. The van der Waals surface area contributed by atoms with E-state index in [2.05, 4.69) is 4.98 Å². The van der Waals surface area contributed by atoms with Crippen LogP contribution in [-0.2, 0) is 26.0 Å². The van der Waals surface area contributed by atoms with Crippen LogP contribution in [0.25, 0.3) is 0 Å². The van der Waals surface area contributed by atoms with Crippen LogP contribution in [0.15, 0.2) is 34.5 Å². The molecule has 0 radical (unpaired) electrons. The minimum absolute atomic E-state index is 0.0262. The van der Waals surface area contributed by atoms with Gasteiger partial charge in [-0.1, -0.05) is 11.6 Å². The van der Waals surface area contributed by atoms with Crippen molar-refractivity contribution in [2.45, 2.75) is 18.4 Å². The first-order chi connectivity index (χ1) is 12.4. The largest absolute Gasteiger partial charge is 0.461 e. The summed E-state index contributed by atoms with van der Waals surface area (Å²) in [6.07, 6.45) is 0. The van der Waals surface area contributed by atoms with E-state index in [0.29, 0.717) is 10.0 Å². The van der Waals surface area contributed by atoms with Crippen molar-refractivity contribution in [1.82, 2.24) is 9.29 Å². The van der Waals surface area contributed by atoms with E-state index in [0.717, 1.165) is 0 Å². The Morgan fingerprint density at radius 2 is 2.00 bits per heavy atom. The molecule has 0 amide bonds. The summed E-state index contributed by atoms with van der Waals surface area (Å²) in [7, 11) is -2.27. The third-order valence-corrected chi connectivity index (χ3v) is 6.29. The van der Waals surface area contributed by atoms with Crippen LogP contribution in [0.1, 0.15) is 22.4 Å². The number of hydrogen-bond acceptors (Lipinski definition) is 7. The van der Waals surface area contributed by atoms with Crippen LogP contribution in [0, 0.1) is 0 Å². The minimum atomic E-state index is -3.76. The van der Waals surface area contributed by atoms with Crippen LogP contribution in [0.5, 0.6) is 0 Å². The standard InChI is InChI=1S/C16H19ClN2O5S2/c1-3-24-16(20)14-11-25-15(18-14)10-19(8-9-23-2)26(21,22)13-6-4-12(17)5-7-13/h4-7,11H,3,8-10H2,1-2H3. The highest BCUT2D eigenvalue weighted by atomic mass is 35.5. The maximum atomic E-state index is 12.9. The van der Waals surface area contributed by atoms with Crippen molar-refractivity contribution < 1.29 is 22.7 Å². The lowest BCUT2D eigenvalue weighted by molar-refractivity contribution is 0.0520. The normalized spacial score (nSPS) is 11.7. The van der Waals surface area contributed by atoms with Crippen molar-refractivity contribution in [3.63, 3.8) is 0 Å². The van der Waals surface area contributed by atoms with Crippen LogP contribution in [0.3, 0.4) is 0 Å². The molecule has 0 atom stereocenters. The van der Waals surface area contributed by atoms with Crippen molar-refractivity contribution in [1.29, 1.82) is 0 Å². The predicted molar refractivity (Wildman–Crippen MR) is 99.0 cm³/mol. The fourth-order valence-corrected chi connectivity index (χ4v) is 4.44. The zero-order chi connectivity index (χ0) is 19.2. The number of sulfonamides is 1. The highest BCUT2D eigenvalue weighted by Crippen LogP contribution is 2.22. The summed E-state index contributed by atoms with van der Waals surface area (Å²) < 4.78 is 37.0. The number of methoxy groups -OCH3 is 1. The zero-order valence-electron chi connectivity index (χ0n) is 14.3. The van der Waals surface area contributed by atoms with Crippen LogP contribution in [0.4, 0.5) is 0 Å². The molecule has 0 aliphatic rings. The lowest BCUT2D eigenvalue weighted by atomic mass is 10.4. The minimum Gasteiger partial charge on any atom is -0.461 e. The summed E-state index contributed by atoms with van der Waals surface area (Å²) >= 11 is 7.03. The Morgan fingerprint density at radius 1 is 1.31 bits per heavy atom. The molecule has 1 aromatic carbocycles. The summed E-state index contributed by atoms with van der Waals surface area (Å²) in [5.41, 5.74) is 0.169. The number of aromatic nitrogens is 1. The molecule has 0 aliphatic heterocycles. The molecule has 0 bridgehead atoms. The molecular weight excluding hydrogens is 400 g/mol. The number of carbonyl (C=O) groups excluding carboxylic acids is 1. The summed E-state index contributed by atoms with van der Waals surface area (Å²) in [5, 5.41) is 2.49. The lowest BCUT2D eigenvalue weighted by Gasteiger charge is -2.21. The van der Waals surface area contributed by atoms with Crippen molar-refractivity contribution in [3.8, 4) is 0 Å². The molecule has 0 fully saturated rings. The second-order valence-corrected chi connectivity index (χ2v) is 8.45. The topological polar surface area (TPSA) is 85.8 Å². The summed E-state index contributed by atoms with van der Waals surface area (Å²) in [5.74, 6) is -0.529. The van der Waals surface area contributed by atoms with Gasteiger partial charge < -0.3 is 9.47 Å². The highest BCUT2D eigenvalue weighted by molar-refractivity contribution is 7.89. The molecule has 0 saturated heterocycles. The average molecular weight is 419 g/mol. The fourth-order valence-electron chi connectivity index (χ4n) is 2.07. The van der Waals surface area contributed by atoms with Gasteiger partial charge in [-0.2, -0.15) is 4.31 Å². The number of halogens is 1. The van der Waals surface area contributed by atoms with E-state index >= 15 is 0 Å². The van der Waals surface area contributed by atoms with E-state index in [1.165, 1.54) is 47.0 Å². The van der Waals surface area contributed by atoms with Crippen molar-refractivity contribution in [3.05, 3.63) is 45.4 Å². The van der Waals surface area contributed by atoms with Crippen molar-refractivity contribution in [2.24, 2.45) is 0 Å². The summed E-state index contributed by atoms with van der Waals surface area (Å²) in [6, 6.07) is 5.93. The van der Waals surface area contributed by atoms with E-state index in [9.17, 15) is 13.2 Å². The van der Waals surface area contributed by atoms with Gasteiger partial charge in [-0.25, -0.2) is 18.2 Å². The molecule has 1 heterocycles. The van der Waals surface area contributed by atoms with E-state index in [1.807, 2.05) is 0 Å². The monoisotopic (exact) mass is 418 g/mol. The Balaban J connectivity index is 2.24. The van der Waals surface area contributed by atoms with Gasteiger partial charge in [0.05, 0.1) is 24.7 Å². The van der Waals surface area contributed by atoms with Gasteiger partial charge in [0.25, 0.3) is 0 Å². The third kappa shape index (κ3) is 5.24. The molecule has 2 rings (SSSR count). The smallest absolute Gasteiger partial charge is 0.357 e. The molecule has 0 spiro atoms. The van der Waals surface area contributed by atoms with Gasteiger partial charge in [-0.05, 0) is 31.2 Å². The Kier molecular flexibility index (Phi) is 7.54. The molecular formula is C16H19ClN2O5S2. The molecule has 0 aliphatic carbocycles. The highest BCUT2D eigenvalue weighted by Gasteiger charge is 2.26. The zero-order valence-corrected chi connectivity index (χ0v) is 16.7. The first-order valence-electron chi connectivity index (χ1n) is 7.74. The van der Waals surface area contributed by atoms with Gasteiger partial charge in [0.2, 0.25) is 10.0 Å². The summed E-state index contributed by atoms with van der Waals surface area (Å²) in [6.45, 7) is 2.35. The Labute approximate surface area is 161 Å². The maximum absolute atomic E-state index is 12.9. The third-order valence-electron chi connectivity index (χ3n) is 3.34. The molecule has 142 valence electrons. The number of benzene rings is 1. The number of nitrogens with zero attached hydrogens (tertiary/aromatic N) is 2. The number of ether oxygens (including phenoxy) is 2. The van der Waals surface area contributed by atoms with Crippen LogP contribution < -0.4 is 0 Å². The van der Waals surface area contributed by atoms with Gasteiger partial charge in [-0.15, -0.1) is 11.3 Å². The molecule has 2 aromatic rings. The molecule has 0 unspecified atom stereocenters. The number of rotatable bonds is 9. The first-order valence-corrected chi connectivity index (χ1v) is 10.4. The average Bonchev–Trinajstić information content (AvgIpc) is 3.08. The number of carbonyl (C=O) groups is 1. The molecule has 0 N–H and O–H groups in total. The molecule has 26 heavy (non-hydrogen) atoms. The Morgan fingerprint density at radius 3 is 2.62 bits per heavy atom. The molecule has 0 saturated carbocycles.